The predicted octanol–water partition coefficient (Wildman–Crippen LogP) is 4.75. The summed E-state index contributed by atoms with van der Waals surface area (Å²) in [5.41, 5.74) is -1.13. The quantitative estimate of drug-likeness (QED) is 0.305. The van der Waals surface area contributed by atoms with Crippen molar-refractivity contribution < 1.29 is 4.42 Å². The fourth-order valence-corrected chi connectivity index (χ4v) is 4.33. The van der Waals surface area contributed by atoms with Crippen LogP contribution in [-0.2, 0) is 0 Å². The molecule has 5 rings (SSSR count). The summed E-state index contributed by atoms with van der Waals surface area (Å²) < 4.78 is 7.07. The summed E-state index contributed by atoms with van der Waals surface area (Å²) in [5, 5.41) is 4.83. The summed E-state index contributed by atoms with van der Waals surface area (Å²) in [7, 11) is 0. The third kappa shape index (κ3) is 1.69. The lowest BCUT2D eigenvalue weighted by Gasteiger charge is -2.10. The van der Waals surface area contributed by atoms with Crippen molar-refractivity contribution >= 4 is 53.1 Å². The summed E-state index contributed by atoms with van der Waals surface area (Å²) in [4.78, 5) is 24.0. The summed E-state index contributed by atoms with van der Waals surface area (Å²) in [6.45, 7) is 0. The van der Waals surface area contributed by atoms with Gasteiger partial charge in [-0.1, -0.05) is 31.7 Å². The maximum atomic E-state index is 12.0. The third-order valence-electron chi connectivity index (χ3n) is 4.14. The Labute approximate surface area is 134 Å². The van der Waals surface area contributed by atoms with Crippen LogP contribution in [0.2, 0.25) is 0 Å². The molecule has 0 amide bonds. The normalized spacial score (nSPS) is 11.5. The van der Waals surface area contributed by atoms with E-state index in [0.717, 1.165) is 26.2 Å². The molecule has 0 radical (unpaired) electrons. The van der Waals surface area contributed by atoms with E-state index >= 15 is 0 Å². The standard InChI is InChI=1S/C18H8O3S.CH4/c19-17-11-6-5-10-9-3-1-2-4-13(9)22-14-8-7-12(18(20)21-17)15(11)16(10)14;/h1-8H;1H4. The zero-order valence-corrected chi connectivity index (χ0v) is 12.1. The van der Waals surface area contributed by atoms with Crippen LogP contribution in [0.1, 0.15) is 7.43 Å². The van der Waals surface area contributed by atoms with Crippen molar-refractivity contribution in [2.75, 3.05) is 0 Å². The Bertz CT molecular complexity index is 1280. The summed E-state index contributed by atoms with van der Waals surface area (Å²) >= 11 is 1.67. The fourth-order valence-electron chi connectivity index (χ4n) is 3.20. The van der Waals surface area contributed by atoms with E-state index in [1.54, 1.807) is 23.5 Å². The second-order valence-electron chi connectivity index (χ2n) is 5.30. The molecule has 0 bridgehead atoms. The van der Waals surface area contributed by atoms with Crippen LogP contribution in [0.25, 0.3) is 41.7 Å². The molecule has 0 aliphatic heterocycles. The van der Waals surface area contributed by atoms with Crippen molar-refractivity contribution in [2.24, 2.45) is 0 Å². The molecule has 0 spiro atoms. The van der Waals surface area contributed by atoms with Gasteiger partial charge >= 0.3 is 11.3 Å². The van der Waals surface area contributed by atoms with Crippen LogP contribution in [0.15, 0.2) is 62.5 Å². The van der Waals surface area contributed by atoms with Gasteiger partial charge in [0.2, 0.25) is 0 Å². The molecule has 0 saturated heterocycles. The molecule has 0 aliphatic rings. The summed E-state index contributed by atoms with van der Waals surface area (Å²) in [5.74, 6) is 0. The zero-order chi connectivity index (χ0) is 14.8. The molecule has 3 nitrogen and oxygen atoms in total. The Morgan fingerprint density at radius 3 is 2.09 bits per heavy atom. The van der Waals surface area contributed by atoms with Crippen LogP contribution in [0.3, 0.4) is 0 Å². The van der Waals surface area contributed by atoms with Crippen molar-refractivity contribution in [3.63, 3.8) is 0 Å². The van der Waals surface area contributed by atoms with Gasteiger partial charge in [0.15, 0.2) is 0 Å². The molecule has 23 heavy (non-hydrogen) atoms. The number of benzene rings is 3. The summed E-state index contributed by atoms with van der Waals surface area (Å²) in [6.07, 6.45) is 0. The van der Waals surface area contributed by atoms with Crippen LogP contribution in [-0.4, -0.2) is 0 Å². The lowest BCUT2D eigenvalue weighted by atomic mass is 9.98. The van der Waals surface area contributed by atoms with Crippen LogP contribution >= 0.6 is 11.3 Å². The highest BCUT2D eigenvalue weighted by Gasteiger charge is 2.16. The lowest BCUT2D eigenvalue weighted by molar-refractivity contribution is 0.489. The van der Waals surface area contributed by atoms with Crippen LogP contribution in [0.5, 0.6) is 0 Å². The van der Waals surface area contributed by atoms with Crippen molar-refractivity contribution in [3.8, 4) is 0 Å². The average Bonchev–Trinajstić information content (AvgIpc) is 2.54. The molecule has 2 heterocycles. The van der Waals surface area contributed by atoms with Gasteiger partial charge in [0, 0.05) is 20.2 Å². The molecule has 0 atom stereocenters. The van der Waals surface area contributed by atoms with E-state index in [2.05, 4.69) is 12.1 Å². The predicted molar refractivity (Wildman–Crippen MR) is 97.1 cm³/mol. The van der Waals surface area contributed by atoms with Crippen LogP contribution < -0.4 is 11.3 Å². The number of hydrogen-bond donors (Lipinski definition) is 0. The Morgan fingerprint density at radius 2 is 1.30 bits per heavy atom. The topological polar surface area (TPSA) is 47.3 Å². The molecule has 0 N–H and O–H groups in total. The maximum Gasteiger partial charge on any atom is 0.346 e. The molecular weight excluding hydrogens is 308 g/mol. The first-order chi connectivity index (χ1) is 10.7. The molecule has 5 aromatic rings. The van der Waals surface area contributed by atoms with Crippen molar-refractivity contribution in [1.29, 1.82) is 0 Å². The minimum Gasteiger partial charge on any atom is -0.386 e. The highest BCUT2D eigenvalue weighted by Crippen LogP contribution is 2.39. The summed E-state index contributed by atoms with van der Waals surface area (Å²) in [6, 6.07) is 15.6. The molecule has 0 fully saturated rings. The van der Waals surface area contributed by atoms with Crippen molar-refractivity contribution in [3.05, 3.63) is 69.4 Å². The SMILES string of the molecule is C.O=c1oc(=O)c2ccc3c4ccccc4sc4ccc1c2c43. The smallest absolute Gasteiger partial charge is 0.346 e. The Kier molecular flexibility index (Phi) is 2.80. The van der Waals surface area contributed by atoms with Gasteiger partial charge in [0.25, 0.3) is 0 Å². The van der Waals surface area contributed by atoms with E-state index in [0.29, 0.717) is 10.8 Å². The van der Waals surface area contributed by atoms with Gasteiger partial charge in [-0.25, -0.2) is 9.59 Å². The highest BCUT2D eigenvalue weighted by molar-refractivity contribution is 7.25. The number of fused-ring (bicyclic) bond motifs is 2. The molecule has 0 unspecified atom stereocenters. The first kappa shape index (κ1) is 13.9. The zero-order valence-electron chi connectivity index (χ0n) is 11.3. The minimum atomic E-state index is -0.565. The van der Waals surface area contributed by atoms with Crippen LogP contribution in [0, 0.1) is 0 Å². The average molecular weight is 320 g/mol. The van der Waals surface area contributed by atoms with E-state index in [9.17, 15) is 9.59 Å². The van der Waals surface area contributed by atoms with Gasteiger partial charge in [-0.2, -0.15) is 0 Å². The van der Waals surface area contributed by atoms with Crippen molar-refractivity contribution in [1.82, 2.24) is 0 Å². The van der Waals surface area contributed by atoms with E-state index in [4.69, 9.17) is 4.42 Å². The molecule has 112 valence electrons. The third-order valence-corrected chi connectivity index (χ3v) is 5.28. The Hall–Kier alpha value is -2.72. The molecule has 3 aromatic carbocycles. The van der Waals surface area contributed by atoms with E-state index < -0.39 is 11.3 Å². The van der Waals surface area contributed by atoms with Gasteiger partial charge in [-0.15, -0.1) is 11.3 Å². The Balaban J connectivity index is 0.00000135. The van der Waals surface area contributed by atoms with Gasteiger partial charge in [-0.05, 0) is 35.0 Å². The fraction of sp³-hybridized carbons (Fsp3) is 0.0526. The molecule has 0 aliphatic carbocycles. The molecule has 0 saturated carbocycles. The highest BCUT2D eigenvalue weighted by atomic mass is 32.1. The number of hydrogen-bond acceptors (Lipinski definition) is 4. The molecular formula is C19H12O3S. The van der Waals surface area contributed by atoms with Gasteiger partial charge in [0.1, 0.15) is 0 Å². The monoisotopic (exact) mass is 320 g/mol. The van der Waals surface area contributed by atoms with Gasteiger partial charge in [0.05, 0.1) is 10.8 Å². The first-order valence-electron chi connectivity index (χ1n) is 6.87. The van der Waals surface area contributed by atoms with E-state index in [1.165, 1.54) is 4.70 Å². The largest absolute Gasteiger partial charge is 0.386 e. The minimum absolute atomic E-state index is 0. The Morgan fingerprint density at radius 1 is 0.652 bits per heavy atom. The second kappa shape index (κ2) is 4.64. The molecule has 4 heteroatoms. The molecule has 2 aromatic heterocycles. The second-order valence-corrected chi connectivity index (χ2v) is 6.38. The lowest BCUT2D eigenvalue weighted by Crippen LogP contribution is -2.12. The number of rotatable bonds is 0. The van der Waals surface area contributed by atoms with Gasteiger partial charge in [-0.3, -0.25) is 0 Å². The van der Waals surface area contributed by atoms with Gasteiger partial charge < -0.3 is 4.42 Å². The van der Waals surface area contributed by atoms with Crippen LogP contribution in [0.4, 0.5) is 0 Å². The van der Waals surface area contributed by atoms with E-state index in [1.807, 2.05) is 24.3 Å². The van der Waals surface area contributed by atoms with E-state index in [-0.39, 0.29) is 7.43 Å². The van der Waals surface area contributed by atoms with Crippen molar-refractivity contribution in [2.45, 2.75) is 7.43 Å². The maximum absolute atomic E-state index is 12.0. The first-order valence-corrected chi connectivity index (χ1v) is 7.69.